The van der Waals surface area contributed by atoms with Gasteiger partial charge in [-0.25, -0.2) is 13.4 Å². The molecule has 25 heavy (non-hydrogen) atoms. The molecule has 0 aliphatic heterocycles. The second-order valence-corrected chi connectivity index (χ2v) is 8.49. The highest BCUT2D eigenvalue weighted by Crippen LogP contribution is 2.31. The van der Waals surface area contributed by atoms with Gasteiger partial charge in [0.2, 0.25) is 10.0 Å². The highest BCUT2D eigenvalue weighted by molar-refractivity contribution is 14.1. The summed E-state index contributed by atoms with van der Waals surface area (Å²) in [4.78, 5) is 21.9. The van der Waals surface area contributed by atoms with Gasteiger partial charge in [-0.3, -0.25) is 4.79 Å². The Morgan fingerprint density at radius 1 is 1.16 bits per heavy atom. The van der Waals surface area contributed by atoms with Crippen LogP contribution in [0.5, 0.6) is 0 Å². The molecule has 2 aromatic heterocycles. The monoisotopic (exact) mass is 478 g/mol. The number of carbonyl (C=O) groups excluding carboxylic acids is 1. The lowest BCUT2D eigenvalue weighted by molar-refractivity contribution is 0.0773. The minimum Gasteiger partial charge on any atom is -0.345 e. The molecule has 0 spiro atoms. The number of aromatic nitrogens is 2. The van der Waals surface area contributed by atoms with Crippen molar-refractivity contribution in [2.24, 2.45) is 0 Å². The van der Waals surface area contributed by atoms with Gasteiger partial charge in [0, 0.05) is 42.1 Å². The Kier molecular flexibility index (Phi) is 6.44. The first kappa shape index (κ1) is 20.1. The van der Waals surface area contributed by atoms with Crippen LogP contribution in [0, 0.1) is 3.57 Å². The van der Waals surface area contributed by atoms with Gasteiger partial charge in [0.05, 0.1) is 10.9 Å². The summed E-state index contributed by atoms with van der Waals surface area (Å²) in [6, 6.07) is 0. The maximum Gasteiger partial charge on any atom is 0.255 e. The number of carbonyl (C=O) groups is 1. The van der Waals surface area contributed by atoms with Gasteiger partial charge in [0.15, 0.2) is 0 Å². The van der Waals surface area contributed by atoms with Crippen LogP contribution in [0.3, 0.4) is 0 Å². The van der Waals surface area contributed by atoms with Gasteiger partial charge in [-0.05, 0) is 36.4 Å². The van der Waals surface area contributed by atoms with Crippen LogP contribution >= 0.6 is 22.6 Å². The van der Waals surface area contributed by atoms with Crippen LogP contribution in [0.25, 0.3) is 11.0 Å². The van der Waals surface area contributed by atoms with Crippen LogP contribution in [-0.4, -0.2) is 59.7 Å². The lowest BCUT2D eigenvalue weighted by Crippen LogP contribution is -2.32. The molecule has 0 saturated carbocycles. The molecule has 0 fully saturated rings. The SMILES string of the molecule is CCN(CC)C(=O)c1c(I)cnc2[nH]cc(S(=O)(=O)N(CC)CC)c12. The van der Waals surface area contributed by atoms with E-state index >= 15 is 0 Å². The molecule has 0 bridgehead atoms. The largest absolute Gasteiger partial charge is 0.345 e. The van der Waals surface area contributed by atoms with E-state index in [1.807, 2.05) is 36.4 Å². The predicted octanol–water partition coefficient (Wildman–Crippen LogP) is 2.68. The van der Waals surface area contributed by atoms with E-state index in [9.17, 15) is 13.2 Å². The zero-order valence-electron chi connectivity index (χ0n) is 14.8. The van der Waals surface area contributed by atoms with Gasteiger partial charge >= 0.3 is 0 Å². The number of fused-ring (bicyclic) bond motifs is 1. The Morgan fingerprint density at radius 2 is 1.76 bits per heavy atom. The lowest BCUT2D eigenvalue weighted by atomic mass is 10.1. The number of nitrogens with one attached hydrogen (secondary N) is 1. The van der Waals surface area contributed by atoms with E-state index in [1.54, 1.807) is 24.9 Å². The molecule has 7 nitrogen and oxygen atoms in total. The molecular formula is C16H23IN4O3S. The average Bonchev–Trinajstić information content (AvgIpc) is 3.01. The van der Waals surface area contributed by atoms with E-state index in [1.165, 1.54) is 10.5 Å². The summed E-state index contributed by atoms with van der Waals surface area (Å²) in [6.45, 7) is 9.22. The molecule has 0 aliphatic rings. The third-order valence-electron chi connectivity index (χ3n) is 4.21. The molecule has 0 radical (unpaired) electrons. The number of nitrogens with zero attached hydrogens (tertiary/aromatic N) is 3. The maximum atomic E-state index is 13.0. The maximum absolute atomic E-state index is 13.0. The molecule has 0 atom stereocenters. The zero-order chi connectivity index (χ0) is 18.8. The third kappa shape index (κ3) is 3.54. The van der Waals surface area contributed by atoms with Crippen LogP contribution in [0.1, 0.15) is 38.1 Å². The smallest absolute Gasteiger partial charge is 0.255 e. The van der Waals surface area contributed by atoms with E-state index in [2.05, 4.69) is 9.97 Å². The van der Waals surface area contributed by atoms with E-state index < -0.39 is 10.0 Å². The molecule has 1 amide bonds. The van der Waals surface area contributed by atoms with Crippen molar-refractivity contribution in [3.05, 3.63) is 21.5 Å². The van der Waals surface area contributed by atoms with Crippen LogP contribution in [0.15, 0.2) is 17.3 Å². The fourth-order valence-electron chi connectivity index (χ4n) is 2.83. The fourth-order valence-corrected chi connectivity index (χ4v) is 5.09. The van der Waals surface area contributed by atoms with Crippen molar-refractivity contribution < 1.29 is 13.2 Å². The third-order valence-corrected chi connectivity index (χ3v) is 7.10. The highest BCUT2D eigenvalue weighted by Gasteiger charge is 2.30. The topological polar surface area (TPSA) is 86.4 Å². The van der Waals surface area contributed by atoms with Gasteiger partial charge in [-0.1, -0.05) is 13.8 Å². The fraction of sp³-hybridized carbons (Fsp3) is 0.500. The van der Waals surface area contributed by atoms with E-state index in [-0.39, 0.29) is 10.8 Å². The Morgan fingerprint density at radius 3 is 2.28 bits per heavy atom. The van der Waals surface area contributed by atoms with Crippen molar-refractivity contribution in [3.63, 3.8) is 0 Å². The Hall–Kier alpha value is -1.20. The molecule has 0 aliphatic carbocycles. The first-order valence-electron chi connectivity index (χ1n) is 8.28. The van der Waals surface area contributed by atoms with E-state index in [0.29, 0.717) is 46.3 Å². The number of hydrogen-bond donors (Lipinski definition) is 1. The minimum absolute atomic E-state index is 0.104. The number of rotatable bonds is 7. The van der Waals surface area contributed by atoms with E-state index in [4.69, 9.17) is 0 Å². The zero-order valence-corrected chi connectivity index (χ0v) is 17.8. The standard InChI is InChI=1S/C16H23IN4O3S/c1-5-20(6-2)16(22)13-11(17)9-18-15-14(13)12(10-19-15)25(23,24)21(7-3)8-4/h9-10H,5-8H2,1-4H3,(H,18,19). The van der Waals surface area contributed by atoms with Crippen LogP contribution in [0.4, 0.5) is 0 Å². The molecule has 0 unspecified atom stereocenters. The quantitative estimate of drug-likeness (QED) is 0.621. The van der Waals surface area contributed by atoms with Crippen LogP contribution in [-0.2, 0) is 10.0 Å². The van der Waals surface area contributed by atoms with Gasteiger partial charge in [-0.2, -0.15) is 4.31 Å². The number of halogens is 1. The number of H-pyrrole nitrogens is 1. The van der Waals surface area contributed by atoms with Gasteiger partial charge in [-0.15, -0.1) is 0 Å². The van der Waals surface area contributed by atoms with E-state index in [0.717, 1.165) is 0 Å². The van der Waals surface area contributed by atoms with Crippen molar-refractivity contribution in [1.82, 2.24) is 19.2 Å². The van der Waals surface area contributed by atoms with Gasteiger partial charge in [0.1, 0.15) is 10.5 Å². The average molecular weight is 478 g/mol. The number of amides is 1. The second-order valence-electron chi connectivity index (χ2n) is 5.42. The first-order valence-corrected chi connectivity index (χ1v) is 10.8. The Balaban J connectivity index is 2.79. The summed E-state index contributed by atoms with van der Waals surface area (Å²) in [5, 5.41) is 0.371. The summed E-state index contributed by atoms with van der Waals surface area (Å²) in [7, 11) is -3.71. The van der Waals surface area contributed by atoms with Gasteiger partial charge < -0.3 is 9.88 Å². The molecule has 2 rings (SSSR count). The van der Waals surface area contributed by atoms with Crippen molar-refractivity contribution in [2.75, 3.05) is 26.2 Å². The normalized spacial score (nSPS) is 12.1. The number of pyridine rings is 1. The molecule has 138 valence electrons. The summed E-state index contributed by atoms with van der Waals surface area (Å²) in [5.74, 6) is -0.183. The number of sulfonamides is 1. The molecular weight excluding hydrogens is 455 g/mol. The molecule has 2 heterocycles. The summed E-state index contributed by atoms with van der Waals surface area (Å²) >= 11 is 2.04. The molecule has 1 N–H and O–H groups in total. The number of hydrogen-bond acceptors (Lipinski definition) is 4. The van der Waals surface area contributed by atoms with Gasteiger partial charge in [0.25, 0.3) is 5.91 Å². The minimum atomic E-state index is -3.71. The van der Waals surface area contributed by atoms with Crippen LogP contribution in [0.2, 0.25) is 0 Å². The predicted molar refractivity (Wildman–Crippen MR) is 106 cm³/mol. The highest BCUT2D eigenvalue weighted by atomic mass is 127. The van der Waals surface area contributed by atoms with Crippen molar-refractivity contribution in [1.29, 1.82) is 0 Å². The molecule has 0 saturated heterocycles. The van der Waals surface area contributed by atoms with Crippen molar-refractivity contribution >= 4 is 49.6 Å². The molecule has 0 aromatic carbocycles. The number of aromatic amines is 1. The Labute approximate surface area is 162 Å². The summed E-state index contributed by atoms with van der Waals surface area (Å²) in [5.41, 5.74) is 0.794. The summed E-state index contributed by atoms with van der Waals surface area (Å²) in [6.07, 6.45) is 3.02. The summed E-state index contributed by atoms with van der Waals surface area (Å²) < 4.78 is 28.0. The Bertz CT molecular complexity index is 871. The molecule has 2 aromatic rings. The molecule has 9 heteroatoms. The lowest BCUT2D eigenvalue weighted by Gasteiger charge is -2.21. The van der Waals surface area contributed by atoms with Crippen molar-refractivity contribution in [3.8, 4) is 0 Å². The van der Waals surface area contributed by atoms with Crippen LogP contribution < -0.4 is 0 Å². The second kappa shape index (κ2) is 8.00. The van der Waals surface area contributed by atoms with Crippen molar-refractivity contribution in [2.45, 2.75) is 32.6 Å². The first-order chi connectivity index (χ1) is 11.8.